The summed E-state index contributed by atoms with van der Waals surface area (Å²) in [6.45, 7) is 10.7. The van der Waals surface area contributed by atoms with Crippen LogP contribution in [0, 0.1) is 11.8 Å². The maximum atomic E-state index is 12.5. The van der Waals surface area contributed by atoms with Gasteiger partial charge in [-0.15, -0.1) is 0 Å². The Labute approximate surface area is 155 Å². The van der Waals surface area contributed by atoms with Crippen molar-refractivity contribution in [2.24, 2.45) is 11.8 Å². The third kappa shape index (κ3) is 3.44. The van der Waals surface area contributed by atoms with Crippen LogP contribution in [-0.4, -0.2) is 5.11 Å². The van der Waals surface area contributed by atoms with E-state index in [1.807, 2.05) is 6.07 Å². The molecule has 2 aromatic rings. The molecule has 0 bridgehead atoms. The van der Waals surface area contributed by atoms with Crippen molar-refractivity contribution in [2.45, 2.75) is 65.7 Å². The highest BCUT2D eigenvalue weighted by molar-refractivity contribution is 5.86. The van der Waals surface area contributed by atoms with Gasteiger partial charge in [-0.25, -0.2) is 4.79 Å². The number of aromatic hydroxyl groups is 1. The highest BCUT2D eigenvalue weighted by Gasteiger charge is 2.22. The molecular weight excluding hydrogens is 324 g/mol. The topological polar surface area (TPSA) is 50.4 Å². The lowest BCUT2D eigenvalue weighted by atomic mass is 9.82. The van der Waals surface area contributed by atoms with Crippen LogP contribution >= 0.6 is 0 Å². The van der Waals surface area contributed by atoms with Crippen LogP contribution in [0.2, 0.25) is 0 Å². The first-order valence-corrected chi connectivity index (χ1v) is 9.88. The number of phenols is 1. The molecular formula is C23H30O3. The highest BCUT2D eigenvalue weighted by atomic mass is 16.4. The van der Waals surface area contributed by atoms with Crippen molar-refractivity contribution in [2.75, 3.05) is 0 Å². The summed E-state index contributed by atoms with van der Waals surface area (Å²) in [5, 5.41) is 11.5. The van der Waals surface area contributed by atoms with Crippen molar-refractivity contribution >= 4 is 11.0 Å². The van der Waals surface area contributed by atoms with E-state index in [0.717, 1.165) is 60.6 Å². The second-order valence-electron chi connectivity index (χ2n) is 7.87. The van der Waals surface area contributed by atoms with Crippen LogP contribution in [0.5, 0.6) is 5.75 Å². The maximum Gasteiger partial charge on any atom is 0.339 e. The summed E-state index contributed by atoms with van der Waals surface area (Å²) in [6.07, 6.45) is 6.56. The zero-order chi connectivity index (χ0) is 18.8. The molecule has 1 heterocycles. The summed E-state index contributed by atoms with van der Waals surface area (Å²) in [6, 6.07) is 3.66. The predicted molar refractivity (Wildman–Crippen MR) is 107 cm³/mol. The number of rotatable bonds is 6. The first-order valence-electron chi connectivity index (χ1n) is 9.88. The first kappa shape index (κ1) is 18.8. The van der Waals surface area contributed by atoms with Crippen LogP contribution in [0.1, 0.15) is 63.1 Å². The van der Waals surface area contributed by atoms with Crippen LogP contribution < -0.4 is 5.63 Å². The minimum absolute atomic E-state index is 0.223. The molecule has 1 aromatic carbocycles. The molecule has 0 saturated heterocycles. The highest BCUT2D eigenvalue weighted by Crippen LogP contribution is 2.35. The number of phenolic OH excluding ortho intramolecular Hbond substituents is 1. The van der Waals surface area contributed by atoms with E-state index in [9.17, 15) is 9.90 Å². The summed E-state index contributed by atoms with van der Waals surface area (Å²) in [4.78, 5) is 12.5. The van der Waals surface area contributed by atoms with Crippen LogP contribution in [0.3, 0.4) is 0 Å². The molecule has 1 aliphatic rings. The predicted octanol–water partition coefficient (Wildman–Crippen LogP) is 5.55. The average molecular weight is 354 g/mol. The van der Waals surface area contributed by atoms with E-state index >= 15 is 0 Å². The van der Waals surface area contributed by atoms with Gasteiger partial charge in [0.1, 0.15) is 11.3 Å². The lowest BCUT2D eigenvalue weighted by molar-refractivity contribution is 0.372. The van der Waals surface area contributed by atoms with Crippen molar-refractivity contribution in [3.8, 4) is 5.75 Å². The van der Waals surface area contributed by atoms with Crippen LogP contribution in [0.25, 0.3) is 11.0 Å². The lowest BCUT2D eigenvalue weighted by Crippen LogP contribution is -2.17. The van der Waals surface area contributed by atoms with Crippen LogP contribution in [0.15, 0.2) is 33.5 Å². The molecule has 1 aliphatic carbocycles. The second-order valence-corrected chi connectivity index (χ2v) is 7.87. The number of fused-ring (bicyclic) bond motifs is 3. The number of hydrogen-bond acceptors (Lipinski definition) is 3. The second kappa shape index (κ2) is 7.69. The largest absolute Gasteiger partial charge is 0.508 e. The molecule has 2 atom stereocenters. The minimum Gasteiger partial charge on any atom is -0.508 e. The fraction of sp³-hybridized carbons (Fsp3) is 0.522. The Morgan fingerprint density at radius 1 is 1.27 bits per heavy atom. The first-order chi connectivity index (χ1) is 12.4. The molecule has 3 heteroatoms. The van der Waals surface area contributed by atoms with Crippen molar-refractivity contribution in [3.63, 3.8) is 0 Å². The van der Waals surface area contributed by atoms with Crippen molar-refractivity contribution in [1.82, 2.24) is 0 Å². The van der Waals surface area contributed by atoms with Crippen LogP contribution in [-0.2, 0) is 19.3 Å². The van der Waals surface area contributed by atoms with Gasteiger partial charge in [0.05, 0.1) is 0 Å². The summed E-state index contributed by atoms with van der Waals surface area (Å²) < 4.78 is 5.71. The number of hydrogen-bond donors (Lipinski definition) is 1. The quantitative estimate of drug-likeness (QED) is 0.547. The molecule has 0 aliphatic heterocycles. The van der Waals surface area contributed by atoms with Crippen molar-refractivity contribution in [3.05, 3.63) is 51.4 Å². The van der Waals surface area contributed by atoms with E-state index < -0.39 is 0 Å². The molecule has 1 N–H and O–H groups in total. The molecule has 26 heavy (non-hydrogen) atoms. The molecule has 1 aromatic heterocycles. The van der Waals surface area contributed by atoms with Gasteiger partial charge < -0.3 is 9.52 Å². The van der Waals surface area contributed by atoms with E-state index in [2.05, 4.69) is 27.4 Å². The normalized spacial score (nSPS) is 16.3. The Morgan fingerprint density at radius 3 is 2.62 bits per heavy atom. The molecule has 0 amide bonds. The third-order valence-electron chi connectivity index (χ3n) is 6.14. The molecule has 2 unspecified atom stereocenters. The summed E-state index contributed by atoms with van der Waals surface area (Å²) in [7, 11) is 0. The zero-order valence-electron chi connectivity index (χ0n) is 16.2. The van der Waals surface area contributed by atoms with Gasteiger partial charge in [0.15, 0.2) is 0 Å². The SMILES string of the molecule is C=C(C)C(CCc1c(O)ccc2c3c(c(=O)oc12)CCCC3)C(C)CC. The fourth-order valence-corrected chi connectivity index (χ4v) is 4.40. The molecule has 140 valence electrons. The van der Waals surface area contributed by atoms with E-state index in [1.54, 1.807) is 6.07 Å². The number of aryl methyl sites for hydroxylation is 2. The number of benzene rings is 1. The molecule has 0 spiro atoms. The van der Waals surface area contributed by atoms with Crippen LogP contribution in [0.4, 0.5) is 0 Å². The van der Waals surface area contributed by atoms with E-state index in [4.69, 9.17) is 4.42 Å². The Balaban J connectivity index is 2.03. The summed E-state index contributed by atoms with van der Waals surface area (Å²) in [5.41, 5.74) is 4.26. The fourth-order valence-electron chi connectivity index (χ4n) is 4.40. The van der Waals surface area contributed by atoms with Gasteiger partial charge >= 0.3 is 5.63 Å². The van der Waals surface area contributed by atoms with Gasteiger partial charge in [-0.1, -0.05) is 32.4 Å². The van der Waals surface area contributed by atoms with E-state index in [-0.39, 0.29) is 11.4 Å². The lowest BCUT2D eigenvalue weighted by Gasteiger charge is -2.24. The Hall–Kier alpha value is -2.03. The molecule has 0 saturated carbocycles. The molecule has 0 radical (unpaired) electrons. The minimum atomic E-state index is -0.225. The van der Waals surface area contributed by atoms with Crippen molar-refractivity contribution in [1.29, 1.82) is 0 Å². The maximum absolute atomic E-state index is 12.5. The standard InChI is InChI=1S/C23H30O3/c1-5-15(4)16(14(2)3)10-11-20-21(24)13-12-18-17-8-6-7-9-19(17)23(25)26-22(18)20/h12-13,15-16,24H,2,5-11H2,1,3-4H3. The molecule has 3 nitrogen and oxygen atoms in total. The average Bonchev–Trinajstić information content (AvgIpc) is 2.63. The monoisotopic (exact) mass is 354 g/mol. The van der Waals surface area contributed by atoms with Crippen molar-refractivity contribution < 1.29 is 9.52 Å². The number of allylic oxidation sites excluding steroid dienone is 1. The third-order valence-corrected chi connectivity index (χ3v) is 6.14. The Bertz CT molecular complexity index is 875. The van der Waals surface area contributed by atoms with Gasteiger partial charge in [0.2, 0.25) is 0 Å². The Morgan fingerprint density at radius 2 is 1.96 bits per heavy atom. The summed E-state index contributed by atoms with van der Waals surface area (Å²) >= 11 is 0. The van der Waals surface area contributed by atoms with E-state index in [1.165, 1.54) is 5.57 Å². The Kier molecular flexibility index (Phi) is 5.55. The zero-order valence-corrected chi connectivity index (χ0v) is 16.2. The van der Waals surface area contributed by atoms with Gasteiger partial charge in [-0.05, 0) is 75.0 Å². The molecule has 3 rings (SSSR count). The summed E-state index contributed by atoms with van der Waals surface area (Å²) in [5.74, 6) is 1.17. The van der Waals surface area contributed by atoms with E-state index in [0.29, 0.717) is 23.8 Å². The van der Waals surface area contributed by atoms with Gasteiger partial charge in [-0.2, -0.15) is 0 Å². The van der Waals surface area contributed by atoms with Gasteiger partial charge in [0.25, 0.3) is 0 Å². The van der Waals surface area contributed by atoms with Gasteiger partial charge in [0, 0.05) is 16.5 Å². The van der Waals surface area contributed by atoms with Gasteiger partial charge in [-0.3, -0.25) is 0 Å². The molecule has 0 fully saturated rings. The smallest absolute Gasteiger partial charge is 0.339 e.